The van der Waals surface area contributed by atoms with Crippen molar-refractivity contribution in [3.8, 4) is 17.1 Å². The Morgan fingerprint density at radius 3 is 2.80 bits per heavy atom. The van der Waals surface area contributed by atoms with Gasteiger partial charge in [0.2, 0.25) is 16.4 Å². The molecule has 0 bridgehead atoms. The second-order valence-electron chi connectivity index (χ2n) is 5.10. The third kappa shape index (κ3) is 3.23. The number of ether oxygens (including phenoxy) is 1. The van der Waals surface area contributed by atoms with Crippen molar-refractivity contribution in [1.29, 1.82) is 0 Å². The fraction of sp³-hybridized carbons (Fsp3) is 0.118. The molecule has 2 heterocycles. The monoisotopic (exact) mass is 342 g/mol. The first-order chi connectivity index (χ1) is 12.0. The van der Waals surface area contributed by atoms with Gasteiger partial charge in [-0.25, -0.2) is 4.79 Å². The normalized spacial score (nSPS) is 10.6. The number of pyridine rings is 1. The van der Waals surface area contributed by atoms with Gasteiger partial charge in [-0.2, -0.15) is 0 Å². The molecule has 128 valence electrons. The maximum atomic E-state index is 12.2. The lowest BCUT2D eigenvalue weighted by Crippen LogP contribution is -2.14. The molecule has 8 nitrogen and oxygen atoms in total. The van der Waals surface area contributed by atoms with Gasteiger partial charge in [0.15, 0.2) is 0 Å². The van der Waals surface area contributed by atoms with Crippen molar-refractivity contribution in [2.75, 3.05) is 11.9 Å². The Labute approximate surface area is 140 Å². The summed E-state index contributed by atoms with van der Waals surface area (Å²) >= 11 is 0. The van der Waals surface area contributed by atoms with E-state index in [4.69, 9.17) is 9.15 Å². The van der Waals surface area contributed by atoms with Crippen molar-refractivity contribution in [3.05, 3.63) is 57.0 Å². The molecule has 3 N–H and O–H groups in total. The predicted octanol–water partition coefficient (Wildman–Crippen LogP) is 2.42. The van der Waals surface area contributed by atoms with Crippen LogP contribution in [0.25, 0.3) is 22.4 Å². The summed E-state index contributed by atoms with van der Waals surface area (Å²) in [5, 5.41) is 12.1. The number of fused-ring (bicyclic) bond motifs is 1. The molecule has 0 spiro atoms. The van der Waals surface area contributed by atoms with E-state index in [1.54, 1.807) is 6.92 Å². The lowest BCUT2D eigenvalue weighted by molar-refractivity contribution is 0.168. The van der Waals surface area contributed by atoms with Gasteiger partial charge in [0, 0.05) is 30.0 Å². The molecule has 0 aliphatic rings. The van der Waals surface area contributed by atoms with Crippen molar-refractivity contribution in [1.82, 2.24) is 4.98 Å². The predicted molar refractivity (Wildman–Crippen MR) is 90.9 cm³/mol. The van der Waals surface area contributed by atoms with Crippen LogP contribution in [0.3, 0.4) is 0 Å². The van der Waals surface area contributed by atoms with Crippen molar-refractivity contribution in [2.45, 2.75) is 6.92 Å². The number of phenolic OH excluding ortho intramolecular Hbond substituents is 1. The molecule has 3 rings (SSSR count). The smallest absolute Gasteiger partial charge is 0.411 e. The number of carbonyl (C=O) groups excluding carboxylic acids is 1. The van der Waals surface area contributed by atoms with Gasteiger partial charge in [-0.05, 0) is 19.1 Å². The van der Waals surface area contributed by atoms with Crippen LogP contribution in [0.4, 0.5) is 10.5 Å². The molecule has 0 atom stereocenters. The molecule has 0 unspecified atom stereocenters. The largest absolute Gasteiger partial charge is 0.508 e. The SMILES string of the molecule is CCOC(=O)Nc1cc(O)ccc1-c1cc(=O)c2[nH]ccc(=O)c2o1. The van der Waals surface area contributed by atoms with E-state index in [1.807, 2.05) is 0 Å². The molecule has 0 saturated heterocycles. The van der Waals surface area contributed by atoms with E-state index in [-0.39, 0.29) is 34.9 Å². The fourth-order valence-electron chi connectivity index (χ4n) is 2.34. The minimum absolute atomic E-state index is 0.0509. The number of hydrogen-bond acceptors (Lipinski definition) is 6. The Hall–Kier alpha value is -3.55. The Kier molecular flexibility index (Phi) is 4.25. The van der Waals surface area contributed by atoms with Gasteiger partial charge >= 0.3 is 6.09 Å². The number of phenols is 1. The van der Waals surface area contributed by atoms with E-state index in [2.05, 4.69) is 10.3 Å². The van der Waals surface area contributed by atoms with E-state index in [0.717, 1.165) is 0 Å². The molecular weight excluding hydrogens is 328 g/mol. The third-order valence-corrected chi connectivity index (χ3v) is 3.41. The maximum absolute atomic E-state index is 12.2. The van der Waals surface area contributed by atoms with Crippen LogP contribution in [-0.4, -0.2) is 22.8 Å². The molecule has 0 radical (unpaired) electrons. The first kappa shape index (κ1) is 16.3. The summed E-state index contributed by atoms with van der Waals surface area (Å²) in [6.45, 7) is 1.82. The average Bonchev–Trinajstić information content (AvgIpc) is 2.56. The van der Waals surface area contributed by atoms with Gasteiger partial charge in [-0.3, -0.25) is 14.9 Å². The van der Waals surface area contributed by atoms with Gasteiger partial charge in [0.05, 0.1) is 12.3 Å². The zero-order valence-electron chi connectivity index (χ0n) is 13.2. The zero-order valence-corrected chi connectivity index (χ0v) is 13.2. The number of amides is 1. The lowest BCUT2D eigenvalue weighted by Gasteiger charge is -2.11. The summed E-state index contributed by atoms with van der Waals surface area (Å²) in [6, 6.07) is 6.54. The standard InChI is InChI=1S/C17H14N2O6/c1-2-24-17(23)19-11-7-9(20)3-4-10(11)14-8-13(22)15-16(25-14)12(21)5-6-18-15/h3-8,20H,2H2,1H3,(H,18,21)(H,19,23). The number of nitrogens with one attached hydrogen (secondary N) is 2. The Morgan fingerprint density at radius 1 is 1.24 bits per heavy atom. The van der Waals surface area contributed by atoms with E-state index >= 15 is 0 Å². The maximum Gasteiger partial charge on any atom is 0.411 e. The number of aromatic hydroxyl groups is 1. The molecule has 0 aliphatic heterocycles. The number of anilines is 1. The molecular formula is C17H14N2O6. The summed E-state index contributed by atoms with van der Waals surface area (Å²) in [5.41, 5.74) is -0.480. The van der Waals surface area contributed by atoms with E-state index in [9.17, 15) is 19.5 Å². The Morgan fingerprint density at radius 2 is 2.04 bits per heavy atom. The fourth-order valence-corrected chi connectivity index (χ4v) is 2.34. The first-order valence-electron chi connectivity index (χ1n) is 7.42. The van der Waals surface area contributed by atoms with Gasteiger partial charge in [0.1, 0.15) is 17.0 Å². The highest BCUT2D eigenvalue weighted by atomic mass is 16.5. The lowest BCUT2D eigenvalue weighted by atomic mass is 10.1. The topological polar surface area (TPSA) is 122 Å². The van der Waals surface area contributed by atoms with Crippen LogP contribution in [0.2, 0.25) is 0 Å². The second-order valence-corrected chi connectivity index (χ2v) is 5.10. The summed E-state index contributed by atoms with van der Waals surface area (Å²) in [5.74, 6) is -0.0301. The number of hydrogen-bond donors (Lipinski definition) is 3. The van der Waals surface area contributed by atoms with Crippen LogP contribution in [0.1, 0.15) is 6.92 Å². The summed E-state index contributed by atoms with van der Waals surface area (Å²) in [7, 11) is 0. The molecule has 0 aliphatic carbocycles. The van der Waals surface area contributed by atoms with Gasteiger partial charge in [-0.15, -0.1) is 0 Å². The highest BCUT2D eigenvalue weighted by Crippen LogP contribution is 2.31. The molecule has 0 saturated carbocycles. The zero-order chi connectivity index (χ0) is 18.0. The molecule has 0 fully saturated rings. The second kappa shape index (κ2) is 6.52. The number of carbonyl (C=O) groups is 1. The summed E-state index contributed by atoms with van der Waals surface area (Å²) < 4.78 is 10.4. The van der Waals surface area contributed by atoms with Crippen LogP contribution >= 0.6 is 0 Å². The minimum Gasteiger partial charge on any atom is -0.508 e. The number of benzene rings is 1. The molecule has 1 aromatic carbocycles. The molecule has 1 amide bonds. The van der Waals surface area contributed by atoms with Gasteiger partial charge in [-0.1, -0.05) is 0 Å². The van der Waals surface area contributed by atoms with E-state index < -0.39 is 17.0 Å². The minimum atomic E-state index is -0.727. The molecule has 25 heavy (non-hydrogen) atoms. The highest BCUT2D eigenvalue weighted by molar-refractivity contribution is 5.91. The van der Waals surface area contributed by atoms with Gasteiger partial charge in [0.25, 0.3) is 0 Å². The Bertz CT molecular complexity index is 1070. The van der Waals surface area contributed by atoms with Crippen molar-refractivity contribution < 1.29 is 19.1 Å². The molecule has 2 aromatic heterocycles. The van der Waals surface area contributed by atoms with Crippen LogP contribution in [0, 0.1) is 0 Å². The van der Waals surface area contributed by atoms with E-state index in [0.29, 0.717) is 5.56 Å². The van der Waals surface area contributed by atoms with Gasteiger partial charge < -0.3 is 19.2 Å². The quantitative estimate of drug-likeness (QED) is 0.672. The van der Waals surface area contributed by atoms with Crippen molar-refractivity contribution in [3.63, 3.8) is 0 Å². The summed E-state index contributed by atoms with van der Waals surface area (Å²) in [4.78, 5) is 38.5. The average molecular weight is 342 g/mol. The van der Waals surface area contributed by atoms with Crippen LogP contribution in [0.5, 0.6) is 5.75 Å². The number of rotatable bonds is 3. The first-order valence-corrected chi connectivity index (χ1v) is 7.42. The number of aromatic amines is 1. The van der Waals surface area contributed by atoms with Crippen molar-refractivity contribution in [2.24, 2.45) is 0 Å². The summed E-state index contributed by atoms with van der Waals surface area (Å²) in [6.07, 6.45) is 0.630. The third-order valence-electron chi connectivity index (χ3n) is 3.41. The van der Waals surface area contributed by atoms with E-state index in [1.165, 1.54) is 36.5 Å². The highest BCUT2D eigenvalue weighted by Gasteiger charge is 2.15. The van der Waals surface area contributed by atoms with Crippen molar-refractivity contribution >= 4 is 22.9 Å². The van der Waals surface area contributed by atoms with Crippen LogP contribution < -0.4 is 16.2 Å². The number of aromatic nitrogens is 1. The number of H-pyrrole nitrogens is 1. The van der Waals surface area contributed by atoms with Crippen LogP contribution in [0.15, 0.2) is 50.5 Å². The molecule has 3 aromatic rings. The molecule has 8 heteroatoms. The Balaban J connectivity index is 2.18. The van der Waals surface area contributed by atoms with Crippen LogP contribution in [-0.2, 0) is 4.74 Å².